The number of carboxylic acids is 1. The highest BCUT2D eigenvalue weighted by atomic mass is 19.1. The molecule has 0 heterocycles. The first-order chi connectivity index (χ1) is 15.5. The number of carboxylic acid groups (broad SMARTS) is 1. The van der Waals surface area contributed by atoms with Crippen LogP contribution in [0.25, 0.3) is 0 Å². The molecule has 1 saturated carbocycles. The molecule has 0 saturated heterocycles. The highest BCUT2D eigenvalue weighted by molar-refractivity contribution is 5.75. The maximum absolute atomic E-state index is 14.7. The summed E-state index contributed by atoms with van der Waals surface area (Å²) in [5, 5.41) is 9.10. The van der Waals surface area contributed by atoms with Crippen molar-refractivity contribution >= 4 is 12.3 Å². The molecule has 0 radical (unpaired) electrons. The SMILES string of the molecule is O=Cc1ccc(Oc2ccc(F)c3c2CC[C@H]3Oc2ccc([C@H]3C[C@@H]3C(=O)O)cc2)cc1. The number of aldehydes is 1. The highest BCUT2D eigenvalue weighted by Gasteiger charge is 2.44. The number of hydrogen-bond donors (Lipinski definition) is 1. The van der Waals surface area contributed by atoms with E-state index in [-0.39, 0.29) is 17.7 Å². The fourth-order valence-corrected chi connectivity index (χ4v) is 4.39. The van der Waals surface area contributed by atoms with E-state index in [4.69, 9.17) is 14.6 Å². The van der Waals surface area contributed by atoms with Gasteiger partial charge in [0.25, 0.3) is 0 Å². The molecule has 3 aromatic rings. The van der Waals surface area contributed by atoms with E-state index in [1.165, 1.54) is 6.07 Å². The van der Waals surface area contributed by atoms with Crippen LogP contribution in [0.5, 0.6) is 17.2 Å². The lowest BCUT2D eigenvalue weighted by Gasteiger charge is -2.17. The monoisotopic (exact) mass is 432 g/mol. The van der Waals surface area contributed by atoms with E-state index in [0.717, 1.165) is 17.4 Å². The van der Waals surface area contributed by atoms with Gasteiger partial charge in [-0.2, -0.15) is 0 Å². The van der Waals surface area contributed by atoms with Gasteiger partial charge in [0.15, 0.2) is 0 Å². The Labute approximate surface area is 184 Å². The molecule has 0 unspecified atom stereocenters. The zero-order valence-electron chi connectivity index (χ0n) is 17.2. The molecule has 1 fully saturated rings. The number of ether oxygens (including phenoxy) is 2. The van der Waals surface area contributed by atoms with E-state index in [1.807, 2.05) is 24.3 Å². The molecule has 1 N–H and O–H groups in total. The first kappa shape index (κ1) is 20.2. The van der Waals surface area contributed by atoms with Gasteiger partial charge in [-0.1, -0.05) is 12.1 Å². The lowest BCUT2D eigenvalue weighted by atomic mass is 10.1. The van der Waals surface area contributed by atoms with Crippen LogP contribution in [0.4, 0.5) is 4.39 Å². The lowest BCUT2D eigenvalue weighted by molar-refractivity contribution is -0.138. The van der Waals surface area contributed by atoms with Gasteiger partial charge in [0.05, 0.1) is 5.92 Å². The van der Waals surface area contributed by atoms with Crippen LogP contribution in [-0.4, -0.2) is 17.4 Å². The van der Waals surface area contributed by atoms with Crippen LogP contribution < -0.4 is 9.47 Å². The summed E-state index contributed by atoms with van der Waals surface area (Å²) in [6.45, 7) is 0. The zero-order chi connectivity index (χ0) is 22.2. The Morgan fingerprint density at radius 2 is 1.72 bits per heavy atom. The Hall–Kier alpha value is -3.67. The Morgan fingerprint density at radius 1 is 1.00 bits per heavy atom. The Bertz CT molecular complexity index is 1170. The molecule has 2 aliphatic carbocycles. The minimum absolute atomic E-state index is 0.0616. The third-order valence-corrected chi connectivity index (χ3v) is 6.18. The molecule has 2 aliphatic rings. The molecule has 0 amide bonds. The second kappa shape index (κ2) is 8.11. The summed E-state index contributed by atoms with van der Waals surface area (Å²) in [5.41, 5.74) is 2.83. The molecule has 6 heteroatoms. The molecular formula is C26H21FO5. The molecule has 0 aliphatic heterocycles. The number of halogens is 1. The number of fused-ring (bicyclic) bond motifs is 1. The van der Waals surface area contributed by atoms with Gasteiger partial charge >= 0.3 is 5.97 Å². The van der Waals surface area contributed by atoms with E-state index < -0.39 is 12.1 Å². The fraction of sp³-hybridized carbons (Fsp3) is 0.231. The van der Waals surface area contributed by atoms with Crippen molar-refractivity contribution in [3.05, 3.63) is 88.7 Å². The number of benzene rings is 3. The van der Waals surface area contributed by atoms with E-state index >= 15 is 0 Å². The van der Waals surface area contributed by atoms with Crippen molar-refractivity contribution in [1.82, 2.24) is 0 Å². The van der Waals surface area contributed by atoms with Gasteiger partial charge in [0.1, 0.15) is 35.5 Å². The first-order valence-electron chi connectivity index (χ1n) is 10.6. The molecule has 32 heavy (non-hydrogen) atoms. The van der Waals surface area contributed by atoms with Crippen LogP contribution in [-0.2, 0) is 11.2 Å². The number of carbonyl (C=O) groups excluding carboxylic acids is 1. The first-order valence-corrected chi connectivity index (χ1v) is 10.6. The average Bonchev–Trinajstić information content (AvgIpc) is 3.51. The van der Waals surface area contributed by atoms with Crippen LogP contribution in [0.1, 0.15) is 51.9 Å². The van der Waals surface area contributed by atoms with Crippen molar-refractivity contribution in [2.75, 3.05) is 0 Å². The molecule has 0 spiro atoms. The summed E-state index contributed by atoms with van der Waals surface area (Å²) in [5.74, 6) is 0.446. The predicted octanol–water partition coefficient (Wildman–Crippen LogP) is 5.68. The molecule has 162 valence electrons. The molecule has 0 bridgehead atoms. The smallest absolute Gasteiger partial charge is 0.307 e. The van der Waals surface area contributed by atoms with Crippen LogP contribution in [0.2, 0.25) is 0 Å². The minimum Gasteiger partial charge on any atom is -0.486 e. The third kappa shape index (κ3) is 3.84. The maximum Gasteiger partial charge on any atom is 0.307 e. The number of rotatable bonds is 7. The highest BCUT2D eigenvalue weighted by Crippen LogP contribution is 2.48. The fourth-order valence-electron chi connectivity index (χ4n) is 4.39. The van der Waals surface area contributed by atoms with E-state index in [2.05, 4.69) is 0 Å². The van der Waals surface area contributed by atoms with Crippen molar-refractivity contribution < 1.29 is 28.6 Å². The van der Waals surface area contributed by atoms with E-state index in [9.17, 15) is 14.0 Å². The Balaban J connectivity index is 1.32. The number of aliphatic carboxylic acids is 1. The van der Waals surface area contributed by atoms with Gasteiger partial charge in [-0.15, -0.1) is 0 Å². The quantitative estimate of drug-likeness (QED) is 0.486. The number of carbonyl (C=O) groups is 2. The van der Waals surface area contributed by atoms with E-state index in [0.29, 0.717) is 47.6 Å². The Kier molecular flexibility index (Phi) is 5.13. The van der Waals surface area contributed by atoms with Crippen molar-refractivity contribution in [1.29, 1.82) is 0 Å². The van der Waals surface area contributed by atoms with Crippen LogP contribution in [0.3, 0.4) is 0 Å². The zero-order valence-corrected chi connectivity index (χ0v) is 17.2. The van der Waals surface area contributed by atoms with Gasteiger partial charge in [0, 0.05) is 16.7 Å². The largest absolute Gasteiger partial charge is 0.486 e. The van der Waals surface area contributed by atoms with Gasteiger partial charge < -0.3 is 14.6 Å². The summed E-state index contributed by atoms with van der Waals surface area (Å²) in [6.07, 6.45) is 2.26. The van der Waals surface area contributed by atoms with Crippen LogP contribution in [0.15, 0.2) is 60.7 Å². The lowest BCUT2D eigenvalue weighted by Crippen LogP contribution is -2.06. The van der Waals surface area contributed by atoms with Gasteiger partial charge in [-0.25, -0.2) is 4.39 Å². The summed E-state index contributed by atoms with van der Waals surface area (Å²) >= 11 is 0. The number of hydrogen-bond acceptors (Lipinski definition) is 4. The van der Waals surface area contributed by atoms with E-state index in [1.54, 1.807) is 30.3 Å². The van der Waals surface area contributed by atoms with Crippen molar-refractivity contribution in [2.24, 2.45) is 5.92 Å². The molecule has 5 rings (SSSR count). The summed E-state index contributed by atoms with van der Waals surface area (Å²) in [4.78, 5) is 21.9. The second-order valence-electron chi connectivity index (χ2n) is 8.23. The van der Waals surface area contributed by atoms with Gasteiger partial charge in [-0.3, -0.25) is 9.59 Å². The standard InChI is InChI=1S/C26H21FO5/c27-22-10-12-23(31-17-5-1-15(14-28)2-6-17)19-9-11-24(25(19)22)32-18-7-3-16(4-8-18)20-13-21(20)26(29)30/h1-8,10,12,14,20-21,24H,9,11,13H2,(H,29,30)/t20-,21+,24-/m1/s1. The molecule has 3 aromatic carbocycles. The van der Waals surface area contributed by atoms with Gasteiger partial charge in [0.2, 0.25) is 0 Å². The molecule has 5 nitrogen and oxygen atoms in total. The van der Waals surface area contributed by atoms with Crippen LogP contribution >= 0.6 is 0 Å². The minimum atomic E-state index is -0.758. The maximum atomic E-state index is 14.7. The van der Waals surface area contributed by atoms with Crippen molar-refractivity contribution in [2.45, 2.75) is 31.3 Å². The van der Waals surface area contributed by atoms with Crippen molar-refractivity contribution in [3.8, 4) is 17.2 Å². The third-order valence-electron chi connectivity index (χ3n) is 6.18. The normalized spacial score (nSPS) is 21.0. The van der Waals surface area contributed by atoms with Crippen LogP contribution in [0, 0.1) is 11.7 Å². The average molecular weight is 432 g/mol. The summed E-state index contributed by atoms with van der Waals surface area (Å²) < 4.78 is 26.8. The predicted molar refractivity (Wildman–Crippen MR) is 115 cm³/mol. The van der Waals surface area contributed by atoms with Gasteiger partial charge in [-0.05, 0) is 79.3 Å². The summed E-state index contributed by atoms with van der Waals surface area (Å²) in [7, 11) is 0. The second-order valence-corrected chi connectivity index (χ2v) is 8.23. The molecular weight excluding hydrogens is 411 g/mol. The molecule has 0 aromatic heterocycles. The Morgan fingerprint density at radius 3 is 2.38 bits per heavy atom. The van der Waals surface area contributed by atoms with Crippen molar-refractivity contribution in [3.63, 3.8) is 0 Å². The molecule has 3 atom stereocenters. The summed E-state index contributed by atoms with van der Waals surface area (Å²) in [6, 6.07) is 17.2. The topological polar surface area (TPSA) is 72.8 Å².